The number of rotatable bonds is 7. The highest BCUT2D eigenvalue weighted by atomic mass is 16.5. The van der Waals surface area contributed by atoms with Crippen LogP contribution >= 0.6 is 0 Å². The molecule has 0 fully saturated rings. The second-order valence-electron chi connectivity index (χ2n) is 5.10. The van der Waals surface area contributed by atoms with Gasteiger partial charge in [-0.2, -0.15) is 0 Å². The van der Waals surface area contributed by atoms with Gasteiger partial charge in [-0.05, 0) is 12.3 Å². The zero-order valence-electron chi connectivity index (χ0n) is 12.1. The van der Waals surface area contributed by atoms with Crippen molar-refractivity contribution in [3.63, 3.8) is 0 Å². The van der Waals surface area contributed by atoms with Crippen molar-refractivity contribution in [2.75, 3.05) is 7.11 Å². The first-order valence-electron chi connectivity index (χ1n) is 6.55. The van der Waals surface area contributed by atoms with Gasteiger partial charge >= 0.3 is 5.97 Å². The molecule has 7 nitrogen and oxygen atoms in total. The standard InChI is InChI=1S/C13H22N4O3/c1-8(2)4-11(13(19)20-3)17-12(18)10(14)5-9-6-15-7-16-9/h6-8,10-11H,4-5,14H2,1-3H3,(H,15,16)(H,17,18)/t10-,11-/m0/s1. The number of nitrogens with zero attached hydrogens (tertiary/aromatic N) is 1. The van der Waals surface area contributed by atoms with Crippen LogP contribution in [0.4, 0.5) is 0 Å². The van der Waals surface area contributed by atoms with Crippen molar-refractivity contribution in [3.05, 3.63) is 18.2 Å². The van der Waals surface area contributed by atoms with E-state index in [9.17, 15) is 9.59 Å². The maximum absolute atomic E-state index is 12.0. The van der Waals surface area contributed by atoms with Crippen molar-refractivity contribution in [1.82, 2.24) is 15.3 Å². The summed E-state index contributed by atoms with van der Waals surface area (Å²) in [6.07, 6.45) is 3.98. The molecule has 1 heterocycles. The van der Waals surface area contributed by atoms with Crippen LogP contribution in [-0.2, 0) is 20.7 Å². The Kier molecular flexibility index (Phi) is 6.17. The Bertz CT molecular complexity index is 431. The molecule has 20 heavy (non-hydrogen) atoms. The second kappa shape index (κ2) is 7.64. The van der Waals surface area contributed by atoms with E-state index in [4.69, 9.17) is 5.73 Å². The molecule has 0 radical (unpaired) electrons. The SMILES string of the molecule is COC(=O)[C@H](CC(C)C)NC(=O)[C@@H](N)Cc1cnc[nH]1. The minimum Gasteiger partial charge on any atom is -0.467 e. The summed E-state index contributed by atoms with van der Waals surface area (Å²) in [6.45, 7) is 3.93. The number of carbonyl (C=O) groups excluding carboxylic acids is 2. The van der Waals surface area contributed by atoms with Gasteiger partial charge in [-0.3, -0.25) is 4.79 Å². The van der Waals surface area contributed by atoms with Crippen molar-refractivity contribution in [1.29, 1.82) is 0 Å². The number of nitrogens with two attached hydrogens (primary N) is 1. The number of carbonyl (C=O) groups is 2. The van der Waals surface area contributed by atoms with Crippen LogP contribution in [0.15, 0.2) is 12.5 Å². The zero-order valence-corrected chi connectivity index (χ0v) is 12.1. The van der Waals surface area contributed by atoms with Crippen molar-refractivity contribution in [2.45, 2.75) is 38.8 Å². The largest absolute Gasteiger partial charge is 0.467 e. The molecule has 0 aliphatic carbocycles. The van der Waals surface area contributed by atoms with E-state index in [0.717, 1.165) is 5.69 Å². The Labute approximate surface area is 118 Å². The predicted molar refractivity (Wildman–Crippen MR) is 73.7 cm³/mol. The van der Waals surface area contributed by atoms with Gasteiger partial charge in [-0.1, -0.05) is 13.8 Å². The number of methoxy groups -OCH3 is 1. The average molecular weight is 282 g/mol. The third kappa shape index (κ3) is 5.00. The summed E-state index contributed by atoms with van der Waals surface area (Å²) >= 11 is 0. The van der Waals surface area contributed by atoms with Gasteiger partial charge in [0.1, 0.15) is 6.04 Å². The Balaban J connectivity index is 2.58. The molecule has 0 aliphatic heterocycles. The van der Waals surface area contributed by atoms with Crippen LogP contribution in [0, 0.1) is 5.92 Å². The minimum absolute atomic E-state index is 0.253. The minimum atomic E-state index is -0.741. The van der Waals surface area contributed by atoms with Gasteiger partial charge in [-0.15, -0.1) is 0 Å². The molecule has 0 unspecified atom stereocenters. The van der Waals surface area contributed by atoms with Crippen LogP contribution in [0.2, 0.25) is 0 Å². The molecule has 4 N–H and O–H groups in total. The van der Waals surface area contributed by atoms with Gasteiger partial charge in [0, 0.05) is 18.3 Å². The second-order valence-corrected chi connectivity index (χ2v) is 5.10. The van der Waals surface area contributed by atoms with Gasteiger partial charge in [0.2, 0.25) is 5.91 Å². The molecule has 112 valence electrons. The first-order chi connectivity index (χ1) is 9.43. The van der Waals surface area contributed by atoms with E-state index >= 15 is 0 Å². The van der Waals surface area contributed by atoms with Crippen molar-refractivity contribution < 1.29 is 14.3 Å². The summed E-state index contributed by atoms with van der Waals surface area (Å²) in [7, 11) is 1.30. The molecular formula is C13H22N4O3. The molecular weight excluding hydrogens is 260 g/mol. The molecule has 7 heteroatoms. The number of esters is 1. The van der Waals surface area contributed by atoms with Crippen molar-refractivity contribution in [3.8, 4) is 0 Å². The van der Waals surface area contributed by atoms with Crippen LogP contribution in [0.5, 0.6) is 0 Å². The first-order valence-corrected chi connectivity index (χ1v) is 6.55. The molecule has 0 aromatic carbocycles. The highest BCUT2D eigenvalue weighted by Gasteiger charge is 2.25. The van der Waals surface area contributed by atoms with E-state index in [0.29, 0.717) is 12.8 Å². The third-order valence-corrected chi connectivity index (χ3v) is 2.84. The lowest BCUT2D eigenvalue weighted by molar-refractivity contribution is -0.145. The van der Waals surface area contributed by atoms with Crippen LogP contribution in [-0.4, -0.2) is 41.0 Å². The smallest absolute Gasteiger partial charge is 0.328 e. The lowest BCUT2D eigenvalue weighted by Crippen LogP contribution is -2.50. The van der Waals surface area contributed by atoms with E-state index in [-0.39, 0.29) is 11.8 Å². The summed E-state index contributed by atoms with van der Waals surface area (Å²) in [6, 6.07) is -1.41. The summed E-state index contributed by atoms with van der Waals surface area (Å²) in [5.74, 6) is -0.584. The molecule has 2 atom stereocenters. The Hall–Kier alpha value is -1.89. The van der Waals surface area contributed by atoms with Gasteiger partial charge in [0.05, 0.1) is 19.5 Å². The van der Waals surface area contributed by atoms with Gasteiger partial charge in [0.15, 0.2) is 0 Å². The molecule has 1 rings (SSSR count). The fourth-order valence-corrected chi connectivity index (χ4v) is 1.83. The van der Waals surface area contributed by atoms with E-state index in [2.05, 4.69) is 20.0 Å². The molecule has 0 saturated carbocycles. The topological polar surface area (TPSA) is 110 Å². The Morgan fingerprint density at radius 1 is 1.50 bits per heavy atom. The molecule has 0 aliphatic rings. The van der Waals surface area contributed by atoms with E-state index < -0.39 is 18.1 Å². The van der Waals surface area contributed by atoms with Crippen LogP contribution in [0.25, 0.3) is 0 Å². The summed E-state index contributed by atoms with van der Waals surface area (Å²) in [5, 5.41) is 2.64. The molecule has 1 aromatic heterocycles. The maximum atomic E-state index is 12.0. The summed E-state index contributed by atoms with van der Waals surface area (Å²) in [5.41, 5.74) is 6.59. The molecule has 0 bridgehead atoms. The zero-order chi connectivity index (χ0) is 15.1. The van der Waals surface area contributed by atoms with Gasteiger partial charge in [-0.25, -0.2) is 9.78 Å². The molecule has 0 saturated heterocycles. The number of nitrogens with one attached hydrogen (secondary N) is 2. The number of H-pyrrole nitrogens is 1. The number of ether oxygens (including phenoxy) is 1. The number of aromatic nitrogens is 2. The number of hydrogen-bond donors (Lipinski definition) is 3. The molecule has 0 spiro atoms. The first kappa shape index (κ1) is 16.2. The van der Waals surface area contributed by atoms with Gasteiger partial charge < -0.3 is 20.8 Å². The molecule has 1 amide bonds. The number of amides is 1. The third-order valence-electron chi connectivity index (χ3n) is 2.84. The maximum Gasteiger partial charge on any atom is 0.328 e. The highest BCUT2D eigenvalue weighted by Crippen LogP contribution is 2.07. The molecule has 1 aromatic rings. The number of aromatic amines is 1. The fourth-order valence-electron chi connectivity index (χ4n) is 1.83. The van der Waals surface area contributed by atoms with E-state index in [1.165, 1.54) is 13.4 Å². The monoisotopic (exact) mass is 282 g/mol. The lowest BCUT2D eigenvalue weighted by Gasteiger charge is -2.20. The van der Waals surface area contributed by atoms with Crippen LogP contribution in [0.3, 0.4) is 0 Å². The summed E-state index contributed by atoms with van der Waals surface area (Å²) in [4.78, 5) is 30.4. The van der Waals surface area contributed by atoms with Gasteiger partial charge in [0.25, 0.3) is 0 Å². The Morgan fingerprint density at radius 2 is 2.20 bits per heavy atom. The Morgan fingerprint density at radius 3 is 2.70 bits per heavy atom. The van der Waals surface area contributed by atoms with Crippen molar-refractivity contribution in [2.24, 2.45) is 11.7 Å². The normalized spacial score (nSPS) is 13.8. The van der Waals surface area contributed by atoms with Crippen LogP contribution < -0.4 is 11.1 Å². The number of hydrogen-bond acceptors (Lipinski definition) is 5. The number of imidazole rings is 1. The van der Waals surface area contributed by atoms with E-state index in [1.54, 1.807) is 6.20 Å². The summed E-state index contributed by atoms with van der Waals surface area (Å²) < 4.78 is 4.69. The average Bonchev–Trinajstić information content (AvgIpc) is 2.89. The van der Waals surface area contributed by atoms with E-state index in [1.807, 2.05) is 13.8 Å². The predicted octanol–water partition coefficient (Wildman–Crippen LogP) is -0.0166. The van der Waals surface area contributed by atoms with Crippen LogP contribution in [0.1, 0.15) is 26.0 Å². The highest BCUT2D eigenvalue weighted by molar-refractivity contribution is 5.87. The van der Waals surface area contributed by atoms with Crippen molar-refractivity contribution >= 4 is 11.9 Å². The lowest BCUT2D eigenvalue weighted by atomic mass is 10.0. The fraction of sp³-hybridized carbons (Fsp3) is 0.615. The quantitative estimate of drug-likeness (QED) is 0.609.